The van der Waals surface area contributed by atoms with Gasteiger partial charge in [-0.2, -0.15) is 4.31 Å². The van der Waals surface area contributed by atoms with Crippen LogP contribution >= 0.6 is 0 Å². The van der Waals surface area contributed by atoms with Crippen molar-refractivity contribution in [1.29, 1.82) is 0 Å². The number of hydrogen-bond donors (Lipinski definition) is 1. The van der Waals surface area contributed by atoms with Crippen molar-refractivity contribution < 1.29 is 27.8 Å². The molecule has 2 bridgehead atoms. The third kappa shape index (κ3) is 3.66. The second-order valence-electron chi connectivity index (χ2n) is 11.8. The molecule has 4 aliphatic rings. The first-order chi connectivity index (χ1) is 20.2. The largest absolute Gasteiger partial charge is 0.493 e. The van der Waals surface area contributed by atoms with Crippen molar-refractivity contribution in [3.05, 3.63) is 95.6 Å². The van der Waals surface area contributed by atoms with Gasteiger partial charge < -0.3 is 19.5 Å². The smallest absolute Gasteiger partial charge is 0.246 e. The van der Waals surface area contributed by atoms with Crippen molar-refractivity contribution in [2.45, 2.75) is 59.8 Å². The summed E-state index contributed by atoms with van der Waals surface area (Å²) in [6.07, 6.45) is 4.33. The maximum absolute atomic E-state index is 14.0. The van der Waals surface area contributed by atoms with Crippen LogP contribution < -0.4 is 9.47 Å². The molecule has 2 fully saturated rings. The first-order valence-corrected chi connectivity index (χ1v) is 15.8. The zero-order valence-corrected chi connectivity index (χ0v) is 24.5. The summed E-state index contributed by atoms with van der Waals surface area (Å²) < 4.78 is 41.9. The van der Waals surface area contributed by atoms with Crippen LogP contribution in [-0.2, 0) is 26.7 Å². The van der Waals surface area contributed by atoms with Gasteiger partial charge in [0.2, 0.25) is 15.9 Å². The van der Waals surface area contributed by atoms with Crippen LogP contribution in [0.4, 0.5) is 0 Å². The standard InChI is InChI=1S/C33H34N2O6S/c1-34(28(36)16-13-22-9-5-3-6-10-22)25-17-18-33(37)27-21-23-14-15-26(40-2)30-29(23)32(33,31(25)41-30)19-20-35(27)42(38,39)24-11-7-4-8-12-24/h3-16,25,27,31,37H,17-21H2,1-2H3/b16-13-/t25-,27-,31+,32?,33-/m1/s1. The van der Waals surface area contributed by atoms with Gasteiger partial charge in [0.05, 0.1) is 35.1 Å². The van der Waals surface area contributed by atoms with E-state index in [0.717, 1.165) is 16.7 Å². The van der Waals surface area contributed by atoms with Gasteiger partial charge in [0.1, 0.15) is 6.10 Å². The summed E-state index contributed by atoms with van der Waals surface area (Å²) in [7, 11) is -0.490. The van der Waals surface area contributed by atoms with Gasteiger partial charge in [-0.3, -0.25) is 4.79 Å². The Morgan fingerprint density at radius 3 is 2.50 bits per heavy atom. The van der Waals surface area contributed by atoms with Crippen molar-refractivity contribution in [3.63, 3.8) is 0 Å². The second-order valence-corrected chi connectivity index (χ2v) is 13.7. The highest BCUT2D eigenvalue weighted by atomic mass is 32.2. The Hall–Kier alpha value is -3.66. The topological polar surface area (TPSA) is 96.4 Å². The van der Waals surface area contributed by atoms with Gasteiger partial charge in [0.25, 0.3) is 0 Å². The molecule has 1 N–H and O–H groups in total. The summed E-state index contributed by atoms with van der Waals surface area (Å²) in [5.41, 5.74) is 0.514. The summed E-state index contributed by atoms with van der Waals surface area (Å²) in [4.78, 5) is 15.4. The first kappa shape index (κ1) is 27.2. The van der Waals surface area contributed by atoms with Gasteiger partial charge in [-0.15, -0.1) is 0 Å². The fraction of sp³-hybridized carbons (Fsp3) is 0.364. The van der Waals surface area contributed by atoms with E-state index < -0.39 is 33.2 Å². The Labute approximate surface area is 246 Å². The second kappa shape index (κ2) is 9.69. The van der Waals surface area contributed by atoms with Gasteiger partial charge in [0.15, 0.2) is 11.5 Å². The number of carbonyl (C=O) groups is 1. The molecule has 218 valence electrons. The lowest BCUT2D eigenvalue weighted by Gasteiger charge is -2.64. The maximum atomic E-state index is 14.0. The molecule has 2 aliphatic carbocycles. The van der Waals surface area contributed by atoms with Crippen LogP contribution in [0.25, 0.3) is 6.08 Å². The fourth-order valence-corrected chi connectivity index (χ4v) is 9.74. The number of methoxy groups -OCH3 is 1. The van der Waals surface area contributed by atoms with Crippen LogP contribution in [0.5, 0.6) is 11.5 Å². The van der Waals surface area contributed by atoms with E-state index in [2.05, 4.69) is 0 Å². The van der Waals surface area contributed by atoms with E-state index in [9.17, 15) is 18.3 Å². The van der Waals surface area contributed by atoms with E-state index in [1.165, 1.54) is 4.31 Å². The Balaban J connectivity index is 1.31. The van der Waals surface area contributed by atoms with Crippen molar-refractivity contribution in [2.24, 2.45) is 0 Å². The SMILES string of the molecule is COc1ccc2c3c1O[C@H]1[C@H](N(C)C(=O)/C=C\c4ccccc4)CC[C@@]4(O)[C@@H](C2)N(S(=O)(=O)c2ccccc2)CCC314. The molecule has 8 nitrogen and oxygen atoms in total. The fourth-order valence-electron chi connectivity index (χ4n) is 8.06. The molecule has 1 saturated carbocycles. The molecular formula is C33H34N2O6S. The van der Waals surface area contributed by atoms with Gasteiger partial charge >= 0.3 is 0 Å². The zero-order chi connectivity index (χ0) is 29.3. The van der Waals surface area contributed by atoms with Gasteiger partial charge in [-0.05, 0) is 61.1 Å². The minimum Gasteiger partial charge on any atom is -0.493 e. The minimum absolute atomic E-state index is 0.158. The number of carbonyl (C=O) groups excluding carboxylic acids is 1. The number of likely N-dealkylation sites (N-methyl/N-ethyl adjacent to an activating group) is 1. The van der Waals surface area contributed by atoms with Crippen LogP contribution in [0.1, 0.15) is 36.0 Å². The number of hydrogen-bond acceptors (Lipinski definition) is 6. The number of nitrogens with zero attached hydrogens (tertiary/aromatic N) is 2. The molecule has 1 unspecified atom stereocenters. The molecule has 1 amide bonds. The number of rotatable bonds is 6. The summed E-state index contributed by atoms with van der Waals surface area (Å²) in [6.45, 7) is 0.235. The summed E-state index contributed by atoms with van der Waals surface area (Å²) in [6, 6.07) is 20.9. The molecule has 7 rings (SSSR count). The molecule has 3 aromatic rings. The molecule has 1 spiro atoms. The normalized spacial score (nSPS) is 29.5. The van der Waals surface area contributed by atoms with E-state index in [0.29, 0.717) is 37.2 Å². The predicted molar refractivity (Wildman–Crippen MR) is 158 cm³/mol. The monoisotopic (exact) mass is 586 g/mol. The number of amides is 1. The predicted octanol–water partition coefficient (Wildman–Crippen LogP) is 3.78. The van der Waals surface area contributed by atoms with E-state index in [-0.39, 0.29) is 23.4 Å². The van der Waals surface area contributed by atoms with Gasteiger partial charge in [-0.25, -0.2) is 8.42 Å². The Kier molecular flexibility index (Phi) is 6.27. The summed E-state index contributed by atoms with van der Waals surface area (Å²) >= 11 is 0. The lowest BCUT2D eigenvalue weighted by molar-refractivity contribution is -0.186. The van der Waals surface area contributed by atoms with Crippen molar-refractivity contribution in [1.82, 2.24) is 9.21 Å². The molecule has 2 heterocycles. The Morgan fingerprint density at radius 1 is 1.07 bits per heavy atom. The van der Waals surface area contributed by atoms with E-state index in [4.69, 9.17) is 9.47 Å². The Bertz CT molecular complexity index is 1680. The van der Waals surface area contributed by atoms with Gasteiger partial charge in [-0.1, -0.05) is 54.6 Å². The van der Waals surface area contributed by atoms with Crippen LogP contribution in [0.3, 0.4) is 0 Å². The van der Waals surface area contributed by atoms with Crippen LogP contribution in [-0.4, -0.2) is 73.1 Å². The third-order valence-corrected chi connectivity index (χ3v) is 11.9. The number of benzene rings is 3. The molecule has 0 aromatic heterocycles. The lowest BCUT2D eigenvalue weighted by Crippen LogP contribution is -2.78. The highest BCUT2D eigenvalue weighted by Gasteiger charge is 2.74. The van der Waals surface area contributed by atoms with Crippen molar-refractivity contribution in [2.75, 3.05) is 20.7 Å². The van der Waals surface area contributed by atoms with Crippen LogP contribution in [0, 0.1) is 0 Å². The minimum atomic E-state index is -3.86. The number of aliphatic hydroxyl groups is 1. The first-order valence-electron chi connectivity index (χ1n) is 14.4. The summed E-state index contributed by atoms with van der Waals surface area (Å²) in [5.74, 6) is 1.02. The molecule has 1 saturated heterocycles. The lowest BCUT2D eigenvalue weighted by atomic mass is 9.48. The molecule has 9 heteroatoms. The zero-order valence-electron chi connectivity index (χ0n) is 23.6. The highest BCUT2D eigenvalue weighted by molar-refractivity contribution is 7.89. The number of ether oxygens (including phenoxy) is 2. The Morgan fingerprint density at radius 2 is 1.79 bits per heavy atom. The maximum Gasteiger partial charge on any atom is 0.246 e. The third-order valence-electron chi connectivity index (χ3n) is 10.00. The van der Waals surface area contributed by atoms with E-state index >= 15 is 0 Å². The quantitative estimate of drug-likeness (QED) is 0.442. The average Bonchev–Trinajstić information content (AvgIpc) is 3.35. The van der Waals surface area contributed by atoms with Crippen molar-refractivity contribution in [3.8, 4) is 11.5 Å². The van der Waals surface area contributed by atoms with Crippen LogP contribution in [0.15, 0.2) is 83.8 Å². The van der Waals surface area contributed by atoms with Crippen molar-refractivity contribution >= 4 is 22.0 Å². The molecule has 3 aromatic carbocycles. The number of piperidine rings is 1. The van der Waals surface area contributed by atoms with Gasteiger partial charge in [0, 0.05) is 25.2 Å². The van der Waals surface area contributed by atoms with E-state index in [1.807, 2.05) is 42.5 Å². The molecular weight excluding hydrogens is 552 g/mol. The summed E-state index contributed by atoms with van der Waals surface area (Å²) in [5, 5.41) is 12.8. The molecule has 5 atom stereocenters. The molecule has 2 aliphatic heterocycles. The average molecular weight is 587 g/mol. The molecule has 0 radical (unpaired) electrons. The number of sulfonamides is 1. The molecule has 42 heavy (non-hydrogen) atoms. The van der Waals surface area contributed by atoms with E-state index in [1.54, 1.807) is 61.5 Å². The highest BCUT2D eigenvalue weighted by Crippen LogP contribution is 2.66. The van der Waals surface area contributed by atoms with Crippen LogP contribution in [0.2, 0.25) is 0 Å².